The Morgan fingerprint density at radius 1 is 1.40 bits per heavy atom. The summed E-state index contributed by atoms with van der Waals surface area (Å²) in [6.07, 6.45) is 5.18. The standard InChI is InChI=1S/C11H18N2O2/c12-6-9-11(5-10(14)15-9)3-7-1-2-8(4-11)13-7/h7-9,13H,1-6,12H2. The first kappa shape index (κ1) is 9.60. The van der Waals surface area contributed by atoms with Gasteiger partial charge in [0, 0.05) is 24.0 Å². The van der Waals surface area contributed by atoms with Crippen molar-refractivity contribution in [3.8, 4) is 0 Å². The molecule has 0 saturated carbocycles. The molecule has 0 aromatic carbocycles. The van der Waals surface area contributed by atoms with E-state index in [1.54, 1.807) is 0 Å². The van der Waals surface area contributed by atoms with Crippen molar-refractivity contribution in [1.82, 2.24) is 5.32 Å². The van der Waals surface area contributed by atoms with Crippen LogP contribution in [0.15, 0.2) is 0 Å². The van der Waals surface area contributed by atoms with E-state index in [9.17, 15) is 4.79 Å². The van der Waals surface area contributed by atoms with E-state index in [1.165, 1.54) is 12.8 Å². The van der Waals surface area contributed by atoms with E-state index in [2.05, 4.69) is 5.32 Å². The molecule has 3 fully saturated rings. The predicted molar refractivity (Wildman–Crippen MR) is 55.2 cm³/mol. The Bertz CT molecular complexity index is 280. The van der Waals surface area contributed by atoms with Crippen LogP contribution in [0.25, 0.3) is 0 Å². The summed E-state index contributed by atoms with van der Waals surface area (Å²) < 4.78 is 5.34. The summed E-state index contributed by atoms with van der Waals surface area (Å²) >= 11 is 0. The lowest BCUT2D eigenvalue weighted by atomic mass is 9.70. The van der Waals surface area contributed by atoms with Crippen LogP contribution in [0, 0.1) is 5.41 Å². The Labute approximate surface area is 89.5 Å². The molecule has 0 radical (unpaired) electrons. The zero-order valence-electron chi connectivity index (χ0n) is 8.87. The predicted octanol–water partition coefficient (Wildman–Crippen LogP) is 0.161. The number of esters is 1. The minimum atomic E-state index is -0.0493. The fraction of sp³-hybridized carbons (Fsp3) is 0.909. The molecule has 0 aliphatic carbocycles. The van der Waals surface area contributed by atoms with E-state index in [1.807, 2.05) is 0 Å². The van der Waals surface area contributed by atoms with Gasteiger partial charge in [-0.1, -0.05) is 0 Å². The van der Waals surface area contributed by atoms with Crippen molar-refractivity contribution in [2.45, 2.75) is 50.3 Å². The van der Waals surface area contributed by atoms with E-state index < -0.39 is 0 Å². The van der Waals surface area contributed by atoms with E-state index in [4.69, 9.17) is 10.5 Å². The summed E-state index contributed by atoms with van der Waals surface area (Å²) in [5, 5.41) is 3.59. The quantitative estimate of drug-likeness (QED) is 0.605. The number of piperidine rings is 1. The molecule has 3 atom stereocenters. The van der Waals surface area contributed by atoms with Crippen LogP contribution < -0.4 is 11.1 Å². The van der Waals surface area contributed by atoms with Crippen LogP contribution in [-0.2, 0) is 9.53 Å². The van der Waals surface area contributed by atoms with Crippen molar-refractivity contribution in [3.63, 3.8) is 0 Å². The third kappa shape index (κ3) is 1.39. The first-order valence-electron chi connectivity index (χ1n) is 5.87. The first-order valence-corrected chi connectivity index (χ1v) is 5.87. The Morgan fingerprint density at radius 2 is 2.07 bits per heavy atom. The molecule has 3 aliphatic heterocycles. The minimum Gasteiger partial charge on any atom is -0.460 e. The van der Waals surface area contributed by atoms with Crippen molar-refractivity contribution >= 4 is 5.97 Å². The van der Waals surface area contributed by atoms with Crippen molar-refractivity contribution in [1.29, 1.82) is 0 Å². The Kier molecular flexibility index (Phi) is 2.04. The highest BCUT2D eigenvalue weighted by molar-refractivity contribution is 5.73. The van der Waals surface area contributed by atoms with Gasteiger partial charge in [0.1, 0.15) is 6.10 Å². The maximum atomic E-state index is 11.4. The third-order valence-corrected chi connectivity index (χ3v) is 4.31. The van der Waals surface area contributed by atoms with Crippen LogP contribution >= 0.6 is 0 Å². The van der Waals surface area contributed by atoms with Crippen LogP contribution in [0.5, 0.6) is 0 Å². The van der Waals surface area contributed by atoms with Gasteiger partial charge in [-0.25, -0.2) is 0 Å². The van der Waals surface area contributed by atoms with Crippen molar-refractivity contribution < 1.29 is 9.53 Å². The molecule has 0 aromatic rings. The molecule has 3 saturated heterocycles. The summed E-state index contributed by atoms with van der Waals surface area (Å²) in [5.41, 5.74) is 5.77. The van der Waals surface area contributed by atoms with Gasteiger partial charge in [-0.2, -0.15) is 0 Å². The molecule has 3 rings (SSSR count). The molecule has 0 aromatic heterocycles. The number of nitrogens with two attached hydrogens (primary N) is 1. The van der Waals surface area contributed by atoms with Gasteiger partial charge in [-0.15, -0.1) is 0 Å². The second-order valence-electron chi connectivity index (χ2n) is 5.30. The molecule has 3 N–H and O–H groups in total. The monoisotopic (exact) mass is 210 g/mol. The molecule has 15 heavy (non-hydrogen) atoms. The molecule has 4 nitrogen and oxygen atoms in total. The fourth-order valence-electron chi connectivity index (χ4n) is 3.72. The van der Waals surface area contributed by atoms with Crippen LogP contribution in [0.3, 0.4) is 0 Å². The number of nitrogens with one attached hydrogen (secondary N) is 1. The average molecular weight is 210 g/mol. The van der Waals surface area contributed by atoms with E-state index in [0.717, 1.165) is 12.8 Å². The zero-order valence-corrected chi connectivity index (χ0v) is 8.87. The number of cyclic esters (lactones) is 1. The third-order valence-electron chi connectivity index (χ3n) is 4.31. The molecular formula is C11H18N2O2. The van der Waals surface area contributed by atoms with E-state index in [-0.39, 0.29) is 17.5 Å². The molecule has 4 heteroatoms. The number of ether oxygens (including phenoxy) is 1. The van der Waals surface area contributed by atoms with Gasteiger partial charge in [0.2, 0.25) is 0 Å². The van der Waals surface area contributed by atoms with Gasteiger partial charge in [-0.05, 0) is 25.7 Å². The Hall–Kier alpha value is -0.610. The SMILES string of the molecule is NCC1OC(=O)CC12CC1CCC(C2)N1. The van der Waals surface area contributed by atoms with Crippen LogP contribution in [0.2, 0.25) is 0 Å². The van der Waals surface area contributed by atoms with E-state index in [0.29, 0.717) is 25.0 Å². The zero-order chi connectivity index (χ0) is 10.5. The van der Waals surface area contributed by atoms with Crippen molar-refractivity contribution in [3.05, 3.63) is 0 Å². The number of hydrogen-bond donors (Lipinski definition) is 2. The highest BCUT2D eigenvalue weighted by atomic mass is 16.6. The largest absolute Gasteiger partial charge is 0.460 e. The number of fused-ring (bicyclic) bond motifs is 2. The van der Waals surface area contributed by atoms with Crippen molar-refractivity contribution in [2.24, 2.45) is 11.1 Å². The molecule has 0 amide bonds. The van der Waals surface area contributed by atoms with Crippen molar-refractivity contribution in [2.75, 3.05) is 6.54 Å². The maximum absolute atomic E-state index is 11.4. The van der Waals surface area contributed by atoms with Gasteiger partial charge < -0.3 is 15.8 Å². The molecule has 3 aliphatic rings. The second kappa shape index (κ2) is 3.19. The Morgan fingerprint density at radius 3 is 2.67 bits per heavy atom. The summed E-state index contributed by atoms with van der Waals surface area (Å²) in [6.45, 7) is 0.477. The smallest absolute Gasteiger partial charge is 0.306 e. The number of rotatable bonds is 1. The molecule has 3 unspecified atom stereocenters. The lowest BCUT2D eigenvalue weighted by Crippen LogP contribution is -2.49. The summed E-state index contributed by atoms with van der Waals surface area (Å²) in [6, 6.07) is 1.18. The summed E-state index contributed by atoms with van der Waals surface area (Å²) in [4.78, 5) is 11.4. The van der Waals surface area contributed by atoms with Gasteiger partial charge in [0.15, 0.2) is 0 Å². The fourth-order valence-corrected chi connectivity index (χ4v) is 3.72. The van der Waals surface area contributed by atoms with Gasteiger partial charge >= 0.3 is 5.97 Å². The highest BCUT2D eigenvalue weighted by Crippen LogP contribution is 2.49. The highest BCUT2D eigenvalue weighted by Gasteiger charge is 2.54. The topological polar surface area (TPSA) is 64.3 Å². The first-order chi connectivity index (χ1) is 7.22. The van der Waals surface area contributed by atoms with Crippen LogP contribution in [0.1, 0.15) is 32.1 Å². The van der Waals surface area contributed by atoms with Gasteiger partial charge in [0.05, 0.1) is 6.42 Å². The number of carbonyl (C=O) groups excluding carboxylic acids is 1. The molecular weight excluding hydrogens is 192 g/mol. The number of hydrogen-bond acceptors (Lipinski definition) is 4. The second-order valence-corrected chi connectivity index (χ2v) is 5.30. The summed E-state index contributed by atoms with van der Waals surface area (Å²) in [7, 11) is 0. The molecule has 2 bridgehead atoms. The molecule has 1 spiro atoms. The molecule has 3 heterocycles. The number of carbonyl (C=O) groups is 1. The average Bonchev–Trinajstić information content (AvgIpc) is 2.68. The van der Waals surface area contributed by atoms with E-state index >= 15 is 0 Å². The minimum absolute atomic E-state index is 0.0322. The molecule has 84 valence electrons. The van der Waals surface area contributed by atoms with Crippen LogP contribution in [-0.4, -0.2) is 30.7 Å². The van der Waals surface area contributed by atoms with Gasteiger partial charge in [0.25, 0.3) is 0 Å². The maximum Gasteiger partial charge on any atom is 0.306 e. The lowest BCUT2D eigenvalue weighted by Gasteiger charge is -2.40. The summed E-state index contributed by atoms with van der Waals surface area (Å²) in [5.74, 6) is -0.0493. The van der Waals surface area contributed by atoms with Crippen LogP contribution in [0.4, 0.5) is 0 Å². The lowest BCUT2D eigenvalue weighted by molar-refractivity contribution is -0.141. The van der Waals surface area contributed by atoms with Gasteiger partial charge in [-0.3, -0.25) is 4.79 Å². The Balaban J connectivity index is 1.86. The normalized spacial score (nSPS) is 48.6.